The fourth-order valence-corrected chi connectivity index (χ4v) is 3.02. The molecule has 1 N–H and O–H groups in total. The Morgan fingerprint density at radius 2 is 1.86 bits per heavy atom. The van der Waals surface area contributed by atoms with E-state index in [2.05, 4.69) is 10.3 Å². The number of nitrogens with one attached hydrogen (secondary N) is 1. The lowest BCUT2D eigenvalue weighted by molar-refractivity contribution is -0.137. The molecule has 0 bridgehead atoms. The lowest BCUT2D eigenvalue weighted by atomic mass is 10.1. The van der Waals surface area contributed by atoms with Crippen molar-refractivity contribution in [2.75, 3.05) is 5.32 Å². The van der Waals surface area contributed by atoms with Crippen molar-refractivity contribution in [3.05, 3.63) is 64.1 Å². The minimum Gasteiger partial charge on any atom is -0.321 e. The number of alkyl halides is 3. The number of amides is 1. The summed E-state index contributed by atoms with van der Waals surface area (Å²) in [6.07, 6.45) is -3.49. The molecule has 3 rings (SSSR count). The molecule has 3 aromatic rings. The second-order valence-electron chi connectivity index (χ2n) is 6.12. The molecule has 9 heteroatoms. The third-order valence-electron chi connectivity index (χ3n) is 4.17. The number of anilines is 1. The van der Waals surface area contributed by atoms with Crippen LogP contribution in [0.2, 0.25) is 5.02 Å². The van der Waals surface area contributed by atoms with E-state index >= 15 is 0 Å². The molecule has 146 valence electrons. The first-order chi connectivity index (χ1) is 13.1. The van der Waals surface area contributed by atoms with Crippen LogP contribution in [-0.2, 0) is 12.6 Å². The number of carbonyl (C=O) groups excluding carboxylic acids is 2. The van der Waals surface area contributed by atoms with Crippen molar-refractivity contribution in [2.24, 2.45) is 0 Å². The molecule has 5 nitrogen and oxygen atoms in total. The number of rotatable bonds is 4. The molecule has 2 aromatic heterocycles. The summed E-state index contributed by atoms with van der Waals surface area (Å²) < 4.78 is 40.5. The van der Waals surface area contributed by atoms with Gasteiger partial charge in [-0.2, -0.15) is 13.2 Å². The number of aromatic nitrogens is 2. The standard InChI is InChI=1S/C19H15ClF3N3O2/c1-3-15-16(18(28)24-13-6-4-11(5-7-13)10(2)27)26-9-12(19(21,22)23)8-14(20)17(26)25-15/h4-9H,3H2,1-2H3,(H,24,28). The van der Waals surface area contributed by atoms with Crippen molar-refractivity contribution in [2.45, 2.75) is 26.4 Å². The third-order valence-corrected chi connectivity index (χ3v) is 4.45. The van der Waals surface area contributed by atoms with E-state index in [1.54, 1.807) is 19.1 Å². The van der Waals surface area contributed by atoms with Gasteiger partial charge in [-0.05, 0) is 43.7 Å². The fourth-order valence-electron chi connectivity index (χ4n) is 2.77. The van der Waals surface area contributed by atoms with Crippen LogP contribution in [-0.4, -0.2) is 21.1 Å². The maximum Gasteiger partial charge on any atom is 0.417 e. The van der Waals surface area contributed by atoms with Gasteiger partial charge in [-0.1, -0.05) is 18.5 Å². The highest BCUT2D eigenvalue weighted by atomic mass is 35.5. The van der Waals surface area contributed by atoms with E-state index in [1.807, 2.05) is 0 Å². The van der Waals surface area contributed by atoms with Crippen LogP contribution < -0.4 is 5.32 Å². The molecule has 1 amide bonds. The Kier molecular flexibility index (Phi) is 5.16. The number of nitrogens with zero attached hydrogens (tertiary/aromatic N) is 2. The number of benzene rings is 1. The summed E-state index contributed by atoms with van der Waals surface area (Å²) in [6.45, 7) is 3.15. The number of ketones is 1. The van der Waals surface area contributed by atoms with Crippen molar-refractivity contribution >= 4 is 34.6 Å². The Morgan fingerprint density at radius 1 is 1.21 bits per heavy atom. The zero-order valence-corrected chi connectivity index (χ0v) is 15.6. The molecule has 0 radical (unpaired) electrons. The third kappa shape index (κ3) is 3.73. The molecule has 0 unspecified atom stereocenters. The van der Waals surface area contributed by atoms with Gasteiger partial charge >= 0.3 is 6.18 Å². The van der Waals surface area contributed by atoms with E-state index in [-0.39, 0.29) is 22.1 Å². The monoisotopic (exact) mass is 409 g/mol. The lowest BCUT2D eigenvalue weighted by Gasteiger charge is -2.10. The predicted octanol–water partition coefficient (Wildman–Crippen LogP) is 5.02. The number of halogens is 4. The zero-order valence-electron chi connectivity index (χ0n) is 14.9. The van der Waals surface area contributed by atoms with Crippen LogP contribution in [0.5, 0.6) is 0 Å². The van der Waals surface area contributed by atoms with Crippen molar-refractivity contribution in [1.29, 1.82) is 0 Å². The molecule has 0 atom stereocenters. The Morgan fingerprint density at radius 3 is 2.39 bits per heavy atom. The SMILES string of the molecule is CCc1nc2c(Cl)cc(C(F)(F)F)cn2c1C(=O)Nc1ccc(C(C)=O)cc1. The molecule has 1 aromatic carbocycles. The molecule has 28 heavy (non-hydrogen) atoms. The van der Waals surface area contributed by atoms with Gasteiger partial charge in [-0.15, -0.1) is 0 Å². The van der Waals surface area contributed by atoms with Crippen molar-refractivity contribution in [1.82, 2.24) is 9.38 Å². The maximum absolute atomic E-state index is 13.1. The molecule has 0 spiro atoms. The number of fused-ring (bicyclic) bond motifs is 1. The molecule has 0 fully saturated rings. The van der Waals surface area contributed by atoms with E-state index in [0.29, 0.717) is 23.4 Å². The van der Waals surface area contributed by atoms with Crippen LogP contribution in [0, 0.1) is 0 Å². The predicted molar refractivity (Wildman–Crippen MR) is 99.0 cm³/mol. The number of imidazole rings is 1. The van der Waals surface area contributed by atoms with Crippen LogP contribution in [0.1, 0.15) is 46.0 Å². The van der Waals surface area contributed by atoms with Crippen molar-refractivity contribution < 1.29 is 22.8 Å². The van der Waals surface area contributed by atoms with Gasteiger partial charge in [-0.3, -0.25) is 14.0 Å². The zero-order chi connectivity index (χ0) is 20.6. The molecular formula is C19H15ClF3N3O2. The van der Waals surface area contributed by atoms with Gasteiger partial charge in [0.15, 0.2) is 11.4 Å². The van der Waals surface area contributed by atoms with Crippen LogP contribution in [0.3, 0.4) is 0 Å². The number of Topliss-reactive ketones (excluding diaryl/α,β-unsaturated/α-hetero) is 1. The summed E-state index contributed by atoms with van der Waals surface area (Å²) in [5.74, 6) is -0.752. The largest absolute Gasteiger partial charge is 0.417 e. The van der Waals surface area contributed by atoms with Gasteiger partial charge in [0.1, 0.15) is 5.69 Å². The van der Waals surface area contributed by atoms with Gasteiger partial charge < -0.3 is 5.32 Å². The Bertz CT molecular complexity index is 1070. The highest BCUT2D eigenvalue weighted by molar-refractivity contribution is 6.33. The summed E-state index contributed by atoms with van der Waals surface area (Å²) in [6, 6.07) is 6.96. The van der Waals surface area contributed by atoms with Gasteiger partial charge in [0.2, 0.25) is 0 Å². The first kappa shape index (κ1) is 19.9. The topological polar surface area (TPSA) is 63.5 Å². The van der Waals surface area contributed by atoms with Crippen molar-refractivity contribution in [3.8, 4) is 0 Å². The Labute approximate surface area is 163 Å². The van der Waals surface area contributed by atoms with Crippen LogP contribution >= 0.6 is 11.6 Å². The van der Waals surface area contributed by atoms with Gasteiger partial charge in [-0.25, -0.2) is 4.98 Å². The molecule has 0 aliphatic carbocycles. The highest BCUT2D eigenvalue weighted by Gasteiger charge is 2.33. The summed E-state index contributed by atoms with van der Waals surface area (Å²) >= 11 is 5.98. The second kappa shape index (κ2) is 7.27. The Balaban J connectivity index is 2.06. The quantitative estimate of drug-likeness (QED) is 0.615. The molecule has 2 heterocycles. The summed E-state index contributed by atoms with van der Waals surface area (Å²) in [4.78, 5) is 28.3. The van der Waals surface area contributed by atoms with Crippen molar-refractivity contribution in [3.63, 3.8) is 0 Å². The maximum atomic E-state index is 13.1. The van der Waals surface area contributed by atoms with E-state index in [9.17, 15) is 22.8 Å². The normalized spacial score (nSPS) is 11.6. The number of carbonyl (C=O) groups is 2. The fraction of sp³-hybridized carbons (Fsp3) is 0.211. The minimum absolute atomic E-state index is 0.0267. The van der Waals surface area contributed by atoms with Crippen LogP contribution in [0.15, 0.2) is 36.5 Å². The first-order valence-corrected chi connectivity index (χ1v) is 8.69. The van der Waals surface area contributed by atoms with Gasteiger partial charge in [0, 0.05) is 17.4 Å². The van der Waals surface area contributed by atoms with Gasteiger partial charge in [0.25, 0.3) is 5.91 Å². The molecular weight excluding hydrogens is 395 g/mol. The summed E-state index contributed by atoms with van der Waals surface area (Å²) in [5.41, 5.74) is 0.252. The minimum atomic E-state index is -4.62. The van der Waals surface area contributed by atoms with E-state index < -0.39 is 17.6 Å². The smallest absolute Gasteiger partial charge is 0.321 e. The number of aryl methyl sites for hydroxylation is 1. The molecule has 0 saturated carbocycles. The Hall–Kier alpha value is -2.87. The second-order valence-corrected chi connectivity index (χ2v) is 6.52. The van der Waals surface area contributed by atoms with Crippen LogP contribution in [0.25, 0.3) is 5.65 Å². The number of pyridine rings is 1. The van der Waals surface area contributed by atoms with Crippen LogP contribution in [0.4, 0.5) is 18.9 Å². The van der Waals surface area contributed by atoms with E-state index in [1.165, 1.54) is 19.1 Å². The average molecular weight is 410 g/mol. The number of hydrogen-bond acceptors (Lipinski definition) is 3. The lowest BCUT2D eigenvalue weighted by Crippen LogP contribution is -2.17. The molecule has 0 aliphatic heterocycles. The number of hydrogen-bond donors (Lipinski definition) is 1. The molecule has 0 aliphatic rings. The molecule has 0 saturated heterocycles. The van der Waals surface area contributed by atoms with E-state index in [0.717, 1.165) is 16.7 Å². The summed E-state index contributed by atoms with van der Waals surface area (Å²) in [5, 5.41) is 2.42. The highest BCUT2D eigenvalue weighted by Crippen LogP contribution is 2.33. The average Bonchev–Trinajstić information content (AvgIpc) is 3.00. The van der Waals surface area contributed by atoms with E-state index in [4.69, 9.17) is 11.6 Å². The summed E-state index contributed by atoms with van der Waals surface area (Å²) in [7, 11) is 0. The first-order valence-electron chi connectivity index (χ1n) is 8.31. The van der Waals surface area contributed by atoms with Gasteiger partial charge in [0.05, 0.1) is 16.3 Å².